The summed E-state index contributed by atoms with van der Waals surface area (Å²) in [6.07, 6.45) is 2.90. The molecule has 0 aromatic rings. The Morgan fingerprint density at radius 3 is 2.72 bits per heavy atom. The Labute approximate surface area is 112 Å². The van der Waals surface area contributed by atoms with Crippen molar-refractivity contribution in [2.45, 2.75) is 39.2 Å². The molecule has 1 unspecified atom stereocenters. The summed E-state index contributed by atoms with van der Waals surface area (Å²) in [7, 11) is 3.63. The van der Waals surface area contributed by atoms with Crippen LogP contribution in [0.2, 0.25) is 0 Å². The minimum absolute atomic E-state index is 0.226. The van der Waals surface area contributed by atoms with Crippen LogP contribution in [0.4, 0.5) is 0 Å². The normalized spacial score (nSPS) is 20.6. The topological polar surface area (TPSA) is 35.6 Å². The van der Waals surface area contributed by atoms with Crippen molar-refractivity contribution in [1.29, 1.82) is 0 Å². The molecule has 4 heteroatoms. The minimum atomic E-state index is 0.226. The maximum Gasteiger partial charge on any atom is 0.222 e. The molecule has 1 saturated heterocycles. The van der Waals surface area contributed by atoms with Crippen molar-refractivity contribution in [3.05, 3.63) is 0 Å². The van der Waals surface area contributed by atoms with Gasteiger partial charge in [0.2, 0.25) is 5.91 Å². The number of nitrogens with one attached hydrogen (secondary N) is 1. The summed E-state index contributed by atoms with van der Waals surface area (Å²) in [5.41, 5.74) is 0. The molecule has 106 valence electrons. The fourth-order valence-corrected chi connectivity index (χ4v) is 2.39. The van der Waals surface area contributed by atoms with Gasteiger partial charge in [-0.2, -0.15) is 0 Å². The van der Waals surface area contributed by atoms with Crippen LogP contribution in [0.1, 0.15) is 33.1 Å². The standard InChI is InChI=1S/C14H29N3O/c1-12(2)17-9-7-13(11-17)10-15-8-5-6-14(18)16(3)4/h12-13,15H,5-11H2,1-4H3. The zero-order valence-corrected chi connectivity index (χ0v) is 12.4. The van der Waals surface area contributed by atoms with E-state index in [0.29, 0.717) is 12.5 Å². The van der Waals surface area contributed by atoms with Crippen LogP contribution in [-0.2, 0) is 4.79 Å². The third-order valence-electron chi connectivity index (χ3n) is 3.72. The summed E-state index contributed by atoms with van der Waals surface area (Å²) in [4.78, 5) is 15.6. The van der Waals surface area contributed by atoms with Crippen molar-refractivity contribution >= 4 is 5.91 Å². The average Bonchev–Trinajstić information content (AvgIpc) is 2.77. The largest absolute Gasteiger partial charge is 0.349 e. The zero-order chi connectivity index (χ0) is 13.5. The van der Waals surface area contributed by atoms with Crippen molar-refractivity contribution < 1.29 is 4.79 Å². The van der Waals surface area contributed by atoms with E-state index in [0.717, 1.165) is 25.4 Å². The van der Waals surface area contributed by atoms with Gasteiger partial charge >= 0.3 is 0 Å². The van der Waals surface area contributed by atoms with Gasteiger partial charge in [-0.05, 0) is 52.2 Å². The highest BCUT2D eigenvalue weighted by Gasteiger charge is 2.23. The SMILES string of the molecule is CC(C)N1CCC(CNCCCC(=O)N(C)C)C1. The lowest BCUT2D eigenvalue weighted by Gasteiger charge is -2.20. The summed E-state index contributed by atoms with van der Waals surface area (Å²) in [5.74, 6) is 1.01. The van der Waals surface area contributed by atoms with E-state index in [9.17, 15) is 4.79 Å². The molecule has 1 heterocycles. The van der Waals surface area contributed by atoms with E-state index in [1.165, 1.54) is 19.5 Å². The fourth-order valence-electron chi connectivity index (χ4n) is 2.39. The molecular weight excluding hydrogens is 226 g/mol. The van der Waals surface area contributed by atoms with Crippen LogP contribution >= 0.6 is 0 Å². The molecule has 1 rings (SSSR count). The number of carbonyl (C=O) groups is 1. The summed E-state index contributed by atoms with van der Waals surface area (Å²) >= 11 is 0. The third-order valence-corrected chi connectivity index (χ3v) is 3.72. The van der Waals surface area contributed by atoms with Gasteiger partial charge in [-0.15, -0.1) is 0 Å². The molecule has 1 fully saturated rings. The molecule has 0 radical (unpaired) electrons. The Hall–Kier alpha value is -0.610. The van der Waals surface area contributed by atoms with E-state index in [1.54, 1.807) is 4.90 Å². The lowest BCUT2D eigenvalue weighted by Crippen LogP contribution is -2.31. The summed E-state index contributed by atoms with van der Waals surface area (Å²) < 4.78 is 0. The van der Waals surface area contributed by atoms with Crippen LogP contribution in [0, 0.1) is 5.92 Å². The summed E-state index contributed by atoms with van der Waals surface area (Å²) in [6, 6.07) is 0.674. The Kier molecular flexibility index (Phi) is 6.65. The van der Waals surface area contributed by atoms with Gasteiger partial charge in [0.1, 0.15) is 0 Å². The predicted octanol–water partition coefficient (Wildman–Crippen LogP) is 1.17. The number of hydrogen-bond donors (Lipinski definition) is 1. The molecular formula is C14H29N3O. The van der Waals surface area contributed by atoms with Crippen molar-refractivity contribution in [3.8, 4) is 0 Å². The van der Waals surface area contributed by atoms with Gasteiger partial charge in [0, 0.05) is 33.1 Å². The Morgan fingerprint density at radius 2 is 2.17 bits per heavy atom. The highest BCUT2D eigenvalue weighted by Crippen LogP contribution is 2.17. The summed E-state index contributed by atoms with van der Waals surface area (Å²) in [6.45, 7) is 9.05. The van der Waals surface area contributed by atoms with E-state index < -0.39 is 0 Å². The monoisotopic (exact) mass is 255 g/mol. The van der Waals surface area contributed by atoms with E-state index in [1.807, 2.05) is 14.1 Å². The van der Waals surface area contributed by atoms with Gasteiger partial charge in [0.25, 0.3) is 0 Å². The molecule has 1 atom stereocenters. The first kappa shape index (κ1) is 15.4. The van der Waals surface area contributed by atoms with Gasteiger partial charge in [-0.3, -0.25) is 4.79 Å². The molecule has 0 spiro atoms. The first-order valence-corrected chi connectivity index (χ1v) is 7.15. The molecule has 1 amide bonds. The predicted molar refractivity (Wildman–Crippen MR) is 75.6 cm³/mol. The molecule has 1 aliphatic heterocycles. The molecule has 0 aliphatic carbocycles. The number of rotatable bonds is 7. The fraction of sp³-hybridized carbons (Fsp3) is 0.929. The van der Waals surface area contributed by atoms with Crippen LogP contribution in [0.5, 0.6) is 0 Å². The zero-order valence-electron chi connectivity index (χ0n) is 12.4. The second-order valence-corrected chi connectivity index (χ2v) is 5.84. The van der Waals surface area contributed by atoms with Gasteiger partial charge in [0.15, 0.2) is 0 Å². The van der Waals surface area contributed by atoms with E-state index >= 15 is 0 Å². The smallest absolute Gasteiger partial charge is 0.222 e. The lowest BCUT2D eigenvalue weighted by molar-refractivity contribution is -0.128. The van der Waals surface area contributed by atoms with E-state index in [4.69, 9.17) is 0 Å². The maximum atomic E-state index is 11.4. The highest BCUT2D eigenvalue weighted by molar-refractivity contribution is 5.75. The number of likely N-dealkylation sites (tertiary alicyclic amines) is 1. The number of amides is 1. The van der Waals surface area contributed by atoms with Gasteiger partial charge in [0.05, 0.1) is 0 Å². The van der Waals surface area contributed by atoms with Crippen LogP contribution in [0.25, 0.3) is 0 Å². The quantitative estimate of drug-likeness (QED) is 0.694. The van der Waals surface area contributed by atoms with Gasteiger partial charge in [-0.25, -0.2) is 0 Å². The van der Waals surface area contributed by atoms with Crippen LogP contribution in [-0.4, -0.2) is 62.0 Å². The van der Waals surface area contributed by atoms with E-state index in [2.05, 4.69) is 24.1 Å². The Morgan fingerprint density at radius 1 is 1.44 bits per heavy atom. The van der Waals surface area contributed by atoms with Gasteiger partial charge < -0.3 is 15.1 Å². The van der Waals surface area contributed by atoms with E-state index in [-0.39, 0.29) is 5.91 Å². The number of carbonyl (C=O) groups excluding carboxylic acids is 1. The van der Waals surface area contributed by atoms with Crippen LogP contribution in [0.15, 0.2) is 0 Å². The number of nitrogens with zero attached hydrogens (tertiary/aromatic N) is 2. The molecule has 0 saturated carbocycles. The first-order chi connectivity index (χ1) is 8.50. The lowest BCUT2D eigenvalue weighted by atomic mass is 10.1. The Bertz CT molecular complexity index is 253. The van der Waals surface area contributed by atoms with Gasteiger partial charge in [-0.1, -0.05) is 0 Å². The highest BCUT2D eigenvalue weighted by atomic mass is 16.2. The molecule has 0 aromatic carbocycles. The second-order valence-electron chi connectivity index (χ2n) is 5.84. The summed E-state index contributed by atoms with van der Waals surface area (Å²) in [5, 5.41) is 3.48. The molecule has 4 nitrogen and oxygen atoms in total. The molecule has 1 aliphatic rings. The van der Waals surface area contributed by atoms with Crippen molar-refractivity contribution in [1.82, 2.24) is 15.1 Å². The maximum absolute atomic E-state index is 11.4. The molecule has 0 aromatic heterocycles. The Balaban J connectivity index is 2.01. The second kappa shape index (κ2) is 7.74. The average molecular weight is 255 g/mol. The van der Waals surface area contributed by atoms with Crippen molar-refractivity contribution in [2.24, 2.45) is 5.92 Å². The molecule has 18 heavy (non-hydrogen) atoms. The first-order valence-electron chi connectivity index (χ1n) is 7.15. The minimum Gasteiger partial charge on any atom is -0.349 e. The van der Waals surface area contributed by atoms with Crippen molar-refractivity contribution in [3.63, 3.8) is 0 Å². The third kappa shape index (κ3) is 5.36. The van der Waals surface area contributed by atoms with Crippen LogP contribution < -0.4 is 5.32 Å². The molecule has 0 bridgehead atoms. The van der Waals surface area contributed by atoms with Crippen molar-refractivity contribution in [2.75, 3.05) is 40.3 Å². The number of hydrogen-bond acceptors (Lipinski definition) is 3. The molecule has 1 N–H and O–H groups in total. The van der Waals surface area contributed by atoms with Crippen LogP contribution in [0.3, 0.4) is 0 Å².